The van der Waals surface area contributed by atoms with E-state index >= 15 is 0 Å². The van der Waals surface area contributed by atoms with Crippen LogP contribution in [0.4, 0.5) is 0 Å². The van der Waals surface area contributed by atoms with Gasteiger partial charge >= 0.3 is 5.97 Å². The van der Waals surface area contributed by atoms with Crippen LogP contribution in [0.25, 0.3) is 0 Å². The fourth-order valence-corrected chi connectivity index (χ4v) is 2.94. The van der Waals surface area contributed by atoms with Crippen molar-refractivity contribution < 1.29 is 9.53 Å². The molecule has 1 aliphatic heterocycles. The lowest BCUT2D eigenvalue weighted by Crippen LogP contribution is -2.31. The quantitative estimate of drug-likeness (QED) is 0.811. The number of benzene rings is 1. The normalized spacial score (nSPS) is 17.6. The highest BCUT2D eigenvalue weighted by molar-refractivity contribution is 5.72. The molecule has 0 aromatic heterocycles. The van der Waals surface area contributed by atoms with Crippen LogP contribution in [0.15, 0.2) is 30.3 Å². The first-order chi connectivity index (χ1) is 9.79. The zero-order valence-corrected chi connectivity index (χ0v) is 12.3. The fourth-order valence-electron chi connectivity index (χ4n) is 2.94. The highest BCUT2D eigenvalue weighted by atomic mass is 16.5. The predicted molar refractivity (Wildman–Crippen MR) is 80.5 cm³/mol. The largest absolute Gasteiger partial charge is 0.466 e. The molecule has 2 rings (SSSR count). The molecule has 1 aliphatic rings. The number of carbonyl (C=O) groups is 1. The molecule has 1 heterocycles. The number of esters is 1. The van der Waals surface area contributed by atoms with E-state index in [0.29, 0.717) is 12.5 Å². The van der Waals surface area contributed by atoms with Crippen LogP contribution in [0, 0.1) is 11.8 Å². The van der Waals surface area contributed by atoms with E-state index in [2.05, 4.69) is 17.4 Å². The Morgan fingerprint density at radius 3 is 2.65 bits per heavy atom. The average Bonchev–Trinajstić information content (AvgIpc) is 2.49. The molecule has 20 heavy (non-hydrogen) atoms. The predicted octanol–water partition coefficient (Wildman–Crippen LogP) is 2.80. The van der Waals surface area contributed by atoms with Crippen LogP contribution >= 0.6 is 0 Å². The molecule has 3 nitrogen and oxygen atoms in total. The first-order valence-electron chi connectivity index (χ1n) is 7.71. The smallest absolute Gasteiger partial charge is 0.309 e. The van der Waals surface area contributed by atoms with Gasteiger partial charge in [0.05, 0.1) is 12.5 Å². The summed E-state index contributed by atoms with van der Waals surface area (Å²) in [6.45, 7) is 4.50. The van der Waals surface area contributed by atoms with Gasteiger partial charge in [0.2, 0.25) is 0 Å². The van der Waals surface area contributed by atoms with Gasteiger partial charge in [-0.2, -0.15) is 0 Å². The van der Waals surface area contributed by atoms with Crippen molar-refractivity contribution in [2.45, 2.75) is 32.6 Å². The topological polar surface area (TPSA) is 38.3 Å². The molecule has 1 atom stereocenters. The molecule has 1 fully saturated rings. The van der Waals surface area contributed by atoms with E-state index in [9.17, 15) is 4.79 Å². The van der Waals surface area contributed by atoms with Crippen LogP contribution in [-0.2, 0) is 16.0 Å². The number of nitrogens with one attached hydrogen (secondary N) is 1. The van der Waals surface area contributed by atoms with Crippen LogP contribution in [0.1, 0.15) is 31.7 Å². The van der Waals surface area contributed by atoms with E-state index in [1.165, 1.54) is 18.4 Å². The molecule has 0 aliphatic carbocycles. The van der Waals surface area contributed by atoms with Gasteiger partial charge in [0.15, 0.2) is 0 Å². The molecule has 1 N–H and O–H groups in total. The maximum atomic E-state index is 12.2. The SMILES string of the molecule is CCOC(=O)[C@H](Cc1ccccc1)CC1CCNCC1. The average molecular weight is 275 g/mol. The highest BCUT2D eigenvalue weighted by Gasteiger charge is 2.25. The third-order valence-electron chi connectivity index (χ3n) is 4.02. The number of ether oxygens (including phenoxy) is 1. The van der Waals surface area contributed by atoms with Crippen LogP contribution in [0.5, 0.6) is 0 Å². The van der Waals surface area contributed by atoms with Crippen molar-refractivity contribution in [1.82, 2.24) is 5.32 Å². The molecular formula is C17H25NO2. The minimum atomic E-state index is -0.0325. The summed E-state index contributed by atoms with van der Waals surface area (Å²) in [4.78, 5) is 12.2. The lowest BCUT2D eigenvalue weighted by Gasteiger charge is -2.26. The number of hydrogen-bond donors (Lipinski definition) is 1. The van der Waals surface area contributed by atoms with E-state index in [-0.39, 0.29) is 11.9 Å². The first-order valence-corrected chi connectivity index (χ1v) is 7.71. The van der Waals surface area contributed by atoms with E-state index in [4.69, 9.17) is 4.74 Å². The highest BCUT2D eigenvalue weighted by Crippen LogP contribution is 2.25. The Balaban J connectivity index is 1.98. The molecule has 3 heteroatoms. The molecule has 0 spiro atoms. The lowest BCUT2D eigenvalue weighted by atomic mass is 9.85. The van der Waals surface area contributed by atoms with Gasteiger partial charge in [-0.05, 0) is 57.2 Å². The maximum absolute atomic E-state index is 12.2. The molecule has 110 valence electrons. The van der Waals surface area contributed by atoms with Crippen LogP contribution in [0.3, 0.4) is 0 Å². The monoisotopic (exact) mass is 275 g/mol. The molecule has 0 amide bonds. The molecule has 0 radical (unpaired) electrons. The maximum Gasteiger partial charge on any atom is 0.309 e. The van der Waals surface area contributed by atoms with Gasteiger partial charge in [-0.3, -0.25) is 4.79 Å². The molecule has 1 aromatic rings. The summed E-state index contributed by atoms with van der Waals surface area (Å²) in [6, 6.07) is 10.3. The van der Waals surface area contributed by atoms with Crippen molar-refractivity contribution in [3.63, 3.8) is 0 Å². The summed E-state index contributed by atoms with van der Waals surface area (Å²) in [5, 5.41) is 3.38. The Hall–Kier alpha value is -1.35. The van der Waals surface area contributed by atoms with Crippen LogP contribution < -0.4 is 5.32 Å². The fraction of sp³-hybridized carbons (Fsp3) is 0.588. The second kappa shape index (κ2) is 8.05. The minimum Gasteiger partial charge on any atom is -0.466 e. The minimum absolute atomic E-state index is 0.000417. The zero-order valence-electron chi connectivity index (χ0n) is 12.3. The summed E-state index contributed by atoms with van der Waals surface area (Å²) in [6.07, 6.45) is 4.09. The number of carbonyl (C=O) groups excluding carboxylic acids is 1. The zero-order chi connectivity index (χ0) is 14.2. The summed E-state index contributed by atoms with van der Waals surface area (Å²) in [5.74, 6) is 0.615. The third kappa shape index (κ3) is 4.64. The van der Waals surface area contributed by atoms with Crippen molar-refractivity contribution in [3.05, 3.63) is 35.9 Å². The number of piperidine rings is 1. The standard InChI is InChI=1S/C17H25NO2/c1-2-20-17(19)16(12-14-6-4-3-5-7-14)13-15-8-10-18-11-9-15/h3-7,15-16,18H,2,8-13H2,1H3/t16-/m1/s1. The summed E-state index contributed by atoms with van der Waals surface area (Å²) in [5.41, 5.74) is 1.22. The molecule has 1 saturated heterocycles. The van der Waals surface area contributed by atoms with Crippen molar-refractivity contribution in [3.8, 4) is 0 Å². The van der Waals surface area contributed by atoms with Gasteiger partial charge in [-0.1, -0.05) is 30.3 Å². The van der Waals surface area contributed by atoms with Crippen molar-refractivity contribution >= 4 is 5.97 Å². The van der Waals surface area contributed by atoms with Gasteiger partial charge in [-0.25, -0.2) is 0 Å². The van der Waals surface area contributed by atoms with E-state index in [1.54, 1.807) is 0 Å². The Labute approximate surface area is 121 Å². The van der Waals surface area contributed by atoms with E-state index < -0.39 is 0 Å². The van der Waals surface area contributed by atoms with Gasteiger partial charge in [0, 0.05) is 0 Å². The Morgan fingerprint density at radius 1 is 1.30 bits per heavy atom. The first kappa shape index (κ1) is 15.0. The van der Waals surface area contributed by atoms with Crippen LogP contribution in [0.2, 0.25) is 0 Å². The van der Waals surface area contributed by atoms with Gasteiger partial charge in [0.25, 0.3) is 0 Å². The molecular weight excluding hydrogens is 250 g/mol. The molecule has 0 bridgehead atoms. The molecule has 0 unspecified atom stereocenters. The summed E-state index contributed by atoms with van der Waals surface area (Å²) < 4.78 is 5.26. The van der Waals surface area contributed by atoms with Crippen molar-refractivity contribution in [2.24, 2.45) is 11.8 Å². The Bertz CT molecular complexity index is 399. The van der Waals surface area contributed by atoms with Crippen LogP contribution in [-0.4, -0.2) is 25.7 Å². The number of rotatable bonds is 6. The van der Waals surface area contributed by atoms with Gasteiger partial charge in [0.1, 0.15) is 0 Å². The van der Waals surface area contributed by atoms with Crippen molar-refractivity contribution in [1.29, 1.82) is 0 Å². The second-order valence-corrected chi connectivity index (χ2v) is 5.57. The summed E-state index contributed by atoms with van der Waals surface area (Å²) in [7, 11) is 0. The second-order valence-electron chi connectivity index (χ2n) is 5.57. The Morgan fingerprint density at radius 2 is 2.00 bits per heavy atom. The van der Waals surface area contributed by atoms with E-state index in [0.717, 1.165) is 25.9 Å². The third-order valence-corrected chi connectivity index (χ3v) is 4.02. The van der Waals surface area contributed by atoms with Crippen molar-refractivity contribution in [2.75, 3.05) is 19.7 Å². The summed E-state index contributed by atoms with van der Waals surface area (Å²) >= 11 is 0. The van der Waals surface area contributed by atoms with Gasteiger partial charge in [-0.15, -0.1) is 0 Å². The lowest BCUT2D eigenvalue weighted by molar-refractivity contribution is -0.148. The molecule has 0 saturated carbocycles. The van der Waals surface area contributed by atoms with E-state index in [1.807, 2.05) is 25.1 Å². The van der Waals surface area contributed by atoms with Gasteiger partial charge < -0.3 is 10.1 Å². The number of hydrogen-bond acceptors (Lipinski definition) is 3. The Kier molecular flexibility index (Phi) is 6.06. The molecule has 1 aromatic carbocycles.